The molecule has 3 aromatic carbocycles. The molecule has 0 heterocycles. The Morgan fingerprint density at radius 2 is 1.24 bits per heavy atom. The summed E-state index contributed by atoms with van der Waals surface area (Å²) < 4.78 is 11.3. The second kappa shape index (κ2) is 13.7. The van der Waals surface area contributed by atoms with Crippen molar-refractivity contribution in [3.63, 3.8) is 0 Å². The minimum absolute atomic E-state index is 0. The van der Waals surface area contributed by atoms with Crippen LogP contribution in [-0.2, 0) is 0 Å². The minimum Gasteiger partial charge on any atom is -0.508 e. The molecule has 3 aromatic rings. The predicted molar refractivity (Wildman–Crippen MR) is 144 cm³/mol. The molecule has 182 valence electrons. The van der Waals surface area contributed by atoms with E-state index >= 15 is 0 Å². The first-order valence-corrected chi connectivity index (χ1v) is 11.7. The summed E-state index contributed by atoms with van der Waals surface area (Å²) in [6.07, 6.45) is 0.866. The molecule has 0 unspecified atom stereocenters. The molecule has 0 amide bonds. The largest absolute Gasteiger partial charge is 0.508 e. The number of methoxy groups -OCH3 is 1. The number of benzene rings is 3. The zero-order valence-corrected chi connectivity index (χ0v) is 21.4. The zero-order valence-electron chi connectivity index (χ0n) is 20.6. The lowest BCUT2D eigenvalue weighted by Gasteiger charge is -2.19. The molecule has 0 bridgehead atoms. The molecule has 4 nitrogen and oxygen atoms in total. The summed E-state index contributed by atoms with van der Waals surface area (Å²) in [5.41, 5.74) is 5.72. The Balaban J connectivity index is 0.00000408. The Labute approximate surface area is 210 Å². The third kappa shape index (κ3) is 7.02. The van der Waals surface area contributed by atoms with E-state index in [9.17, 15) is 5.11 Å². The van der Waals surface area contributed by atoms with Gasteiger partial charge in [-0.05, 0) is 83.7 Å². The lowest BCUT2D eigenvalue weighted by molar-refractivity contribution is 0.223. The van der Waals surface area contributed by atoms with Crippen LogP contribution in [0, 0.1) is 0 Å². The Morgan fingerprint density at radius 1 is 0.735 bits per heavy atom. The van der Waals surface area contributed by atoms with Crippen LogP contribution >= 0.6 is 12.4 Å². The van der Waals surface area contributed by atoms with Gasteiger partial charge in [0.1, 0.15) is 23.9 Å². The molecule has 1 N–H and O–H groups in total. The third-order valence-corrected chi connectivity index (χ3v) is 5.96. The lowest BCUT2D eigenvalue weighted by atomic mass is 9.88. The van der Waals surface area contributed by atoms with Crippen LogP contribution in [0.1, 0.15) is 43.9 Å². The predicted octanol–water partition coefficient (Wildman–Crippen LogP) is 6.91. The quantitative estimate of drug-likeness (QED) is 0.302. The normalized spacial score (nSPS) is 11.6. The zero-order chi connectivity index (χ0) is 23.6. The highest BCUT2D eigenvalue weighted by Gasteiger charge is 2.14. The van der Waals surface area contributed by atoms with Gasteiger partial charge in [-0.25, -0.2) is 0 Å². The Hall–Kier alpha value is -2.95. The fourth-order valence-electron chi connectivity index (χ4n) is 4.01. The molecule has 0 aliphatic heterocycles. The maximum atomic E-state index is 9.82. The van der Waals surface area contributed by atoms with E-state index in [-0.39, 0.29) is 18.2 Å². The van der Waals surface area contributed by atoms with Crippen LogP contribution in [0.15, 0.2) is 72.8 Å². The smallest absolute Gasteiger partial charge is 0.119 e. The molecule has 0 saturated carbocycles. The summed E-state index contributed by atoms with van der Waals surface area (Å²) in [6.45, 7) is 10.2. The Kier molecular flexibility index (Phi) is 11.0. The summed E-state index contributed by atoms with van der Waals surface area (Å²) in [4.78, 5) is 2.35. The van der Waals surface area contributed by atoms with E-state index in [4.69, 9.17) is 9.47 Å². The Morgan fingerprint density at radius 3 is 1.74 bits per heavy atom. The topological polar surface area (TPSA) is 41.9 Å². The number of halogens is 1. The van der Waals surface area contributed by atoms with Crippen molar-refractivity contribution < 1.29 is 14.6 Å². The van der Waals surface area contributed by atoms with Gasteiger partial charge in [-0.15, -0.1) is 12.4 Å². The van der Waals surface area contributed by atoms with Gasteiger partial charge in [0.2, 0.25) is 0 Å². The molecule has 0 aliphatic carbocycles. The summed E-state index contributed by atoms with van der Waals surface area (Å²) in [7, 11) is 1.68. The van der Waals surface area contributed by atoms with E-state index < -0.39 is 0 Å². The van der Waals surface area contributed by atoms with Crippen LogP contribution in [0.5, 0.6) is 17.2 Å². The monoisotopic (exact) mass is 481 g/mol. The first-order chi connectivity index (χ1) is 16.1. The first-order valence-electron chi connectivity index (χ1n) is 11.7. The number of hydrogen-bond acceptors (Lipinski definition) is 4. The van der Waals surface area contributed by atoms with E-state index in [1.807, 2.05) is 36.4 Å². The van der Waals surface area contributed by atoms with Crippen molar-refractivity contribution in [1.82, 2.24) is 4.90 Å². The summed E-state index contributed by atoms with van der Waals surface area (Å²) in [6, 6.07) is 23.9. The van der Waals surface area contributed by atoms with Gasteiger partial charge < -0.3 is 19.5 Å². The second-order valence-corrected chi connectivity index (χ2v) is 7.88. The lowest BCUT2D eigenvalue weighted by Crippen LogP contribution is -2.27. The number of aromatic hydroxyl groups is 1. The Bertz CT molecular complexity index is 1020. The van der Waals surface area contributed by atoms with E-state index in [0.29, 0.717) is 6.61 Å². The molecule has 0 spiro atoms. The molecular formula is C29H36ClNO3. The van der Waals surface area contributed by atoms with Gasteiger partial charge in [0.25, 0.3) is 0 Å². The van der Waals surface area contributed by atoms with E-state index in [0.717, 1.165) is 59.8 Å². The fraction of sp³-hybridized carbons (Fsp3) is 0.310. The number of rotatable bonds is 11. The molecule has 0 radical (unpaired) electrons. The molecule has 34 heavy (non-hydrogen) atoms. The van der Waals surface area contributed by atoms with Crippen molar-refractivity contribution in [3.8, 4) is 17.2 Å². The van der Waals surface area contributed by atoms with Crippen LogP contribution in [0.3, 0.4) is 0 Å². The highest BCUT2D eigenvalue weighted by molar-refractivity contribution is 5.98. The van der Waals surface area contributed by atoms with Gasteiger partial charge in [-0.1, -0.05) is 57.2 Å². The van der Waals surface area contributed by atoms with Gasteiger partial charge in [0.05, 0.1) is 7.11 Å². The van der Waals surface area contributed by atoms with Crippen molar-refractivity contribution >= 4 is 23.6 Å². The number of nitrogens with zero attached hydrogens (tertiary/aromatic N) is 1. The van der Waals surface area contributed by atoms with Gasteiger partial charge in [-0.3, -0.25) is 0 Å². The number of phenolic OH excluding ortho intramolecular Hbond substituents is 1. The highest BCUT2D eigenvalue weighted by Crippen LogP contribution is 2.36. The molecule has 3 rings (SSSR count). The van der Waals surface area contributed by atoms with Gasteiger partial charge in [0.15, 0.2) is 0 Å². The van der Waals surface area contributed by atoms with Gasteiger partial charge in [0, 0.05) is 6.54 Å². The molecule has 0 fully saturated rings. The SMILES string of the molecule is CC/C(=C(/c1ccc(O)cc1)c1ccc(OCCN(CC)CC)cc1)c1ccc(OC)cc1.Cl. The van der Waals surface area contributed by atoms with E-state index in [1.165, 1.54) is 5.57 Å². The maximum Gasteiger partial charge on any atom is 0.119 e. The van der Waals surface area contributed by atoms with Crippen LogP contribution in [-0.4, -0.2) is 43.4 Å². The number of ether oxygens (including phenoxy) is 2. The first kappa shape index (κ1) is 27.3. The molecule has 0 aromatic heterocycles. The average molecular weight is 482 g/mol. The van der Waals surface area contributed by atoms with Crippen molar-refractivity contribution in [1.29, 1.82) is 0 Å². The fourth-order valence-corrected chi connectivity index (χ4v) is 4.01. The molecule has 0 aliphatic rings. The van der Waals surface area contributed by atoms with Crippen molar-refractivity contribution in [2.45, 2.75) is 27.2 Å². The molecular weight excluding hydrogens is 446 g/mol. The van der Waals surface area contributed by atoms with Crippen LogP contribution in [0.25, 0.3) is 11.1 Å². The molecule has 5 heteroatoms. The number of allylic oxidation sites excluding steroid dienone is 1. The van der Waals surface area contributed by atoms with Crippen LogP contribution in [0.2, 0.25) is 0 Å². The summed E-state index contributed by atoms with van der Waals surface area (Å²) >= 11 is 0. The van der Waals surface area contributed by atoms with Crippen molar-refractivity contribution in [3.05, 3.63) is 89.5 Å². The molecule has 0 atom stereocenters. The minimum atomic E-state index is 0. The second-order valence-electron chi connectivity index (χ2n) is 7.88. The van der Waals surface area contributed by atoms with Crippen LogP contribution < -0.4 is 9.47 Å². The summed E-state index contributed by atoms with van der Waals surface area (Å²) in [5, 5.41) is 9.82. The standard InChI is InChI=1S/C29H35NO3.ClH/c1-5-28(22-10-16-26(32-4)17-11-22)29(23-8-14-25(31)15-9-23)24-12-18-27(19-13-24)33-21-20-30(6-2)7-3;/h8-19,31H,5-7,20-21H2,1-4H3;1H/b29-28+;. The third-order valence-electron chi connectivity index (χ3n) is 5.96. The van der Waals surface area contributed by atoms with E-state index in [1.54, 1.807) is 19.2 Å². The number of likely N-dealkylation sites (N-methyl/N-ethyl adjacent to an activating group) is 1. The van der Waals surface area contributed by atoms with E-state index in [2.05, 4.69) is 49.9 Å². The molecule has 0 saturated heterocycles. The number of phenols is 1. The van der Waals surface area contributed by atoms with Crippen molar-refractivity contribution in [2.75, 3.05) is 33.4 Å². The van der Waals surface area contributed by atoms with Gasteiger partial charge >= 0.3 is 0 Å². The average Bonchev–Trinajstić information content (AvgIpc) is 2.86. The highest BCUT2D eigenvalue weighted by atomic mass is 35.5. The van der Waals surface area contributed by atoms with Crippen LogP contribution in [0.4, 0.5) is 0 Å². The summed E-state index contributed by atoms with van der Waals surface area (Å²) in [5.74, 6) is 1.97. The maximum absolute atomic E-state index is 9.82. The van der Waals surface area contributed by atoms with Crippen molar-refractivity contribution in [2.24, 2.45) is 0 Å². The number of hydrogen-bond donors (Lipinski definition) is 1. The van der Waals surface area contributed by atoms with Gasteiger partial charge in [-0.2, -0.15) is 0 Å².